The lowest BCUT2D eigenvalue weighted by atomic mass is 9.85. The third-order valence-corrected chi connectivity index (χ3v) is 14.2. The highest BCUT2D eigenvalue weighted by molar-refractivity contribution is 6.30. The van der Waals surface area contributed by atoms with E-state index in [1.165, 1.54) is 0 Å². The van der Waals surface area contributed by atoms with Gasteiger partial charge in [0.15, 0.2) is 5.82 Å². The van der Waals surface area contributed by atoms with Crippen molar-refractivity contribution >= 4 is 41.0 Å². The van der Waals surface area contributed by atoms with Crippen LogP contribution >= 0.6 is 11.6 Å². The van der Waals surface area contributed by atoms with Crippen molar-refractivity contribution in [1.82, 2.24) is 30.3 Å². The maximum atomic E-state index is 14.0. The lowest BCUT2D eigenvalue weighted by molar-refractivity contribution is -0.158. The van der Waals surface area contributed by atoms with Crippen molar-refractivity contribution in [3.8, 4) is 23.0 Å². The molecular weight excluding hydrogens is 1000 g/mol. The first kappa shape index (κ1) is 56.1. The summed E-state index contributed by atoms with van der Waals surface area (Å²) in [4.78, 5) is 61.0. The van der Waals surface area contributed by atoms with Crippen LogP contribution in [0, 0.1) is 33.1 Å². The summed E-state index contributed by atoms with van der Waals surface area (Å²) in [6, 6.07) is 22.4. The summed E-state index contributed by atoms with van der Waals surface area (Å²) in [6.45, 7) is 19.2. The molecule has 5 heterocycles. The molecule has 3 amide bonds. The number of hydrogen-bond donors (Lipinski definition) is 2. The summed E-state index contributed by atoms with van der Waals surface area (Å²) in [5.74, 6) is 2.48. The minimum absolute atomic E-state index is 0.0905. The monoisotopic (exact) mass is 1070 g/mol. The molecule has 1 saturated heterocycles. The fourth-order valence-electron chi connectivity index (χ4n) is 9.58. The molecule has 0 bridgehead atoms. The maximum Gasteiger partial charge on any atom is 0.309 e. The third-order valence-electron chi connectivity index (χ3n) is 13.9. The number of rotatable bonds is 22. The van der Waals surface area contributed by atoms with Gasteiger partial charge in [0.1, 0.15) is 53.4 Å². The predicted molar refractivity (Wildman–Crippen MR) is 291 cm³/mol. The fraction of sp³-hybridized carbons (Fsp3) is 0.441. The van der Waals surface area contributed by atoms with Crippen LogP contribution in [0.5, 0.6) is 5.75 Å². The van der Waals surface area contributed by atoms with Crippen LogP contribution in [-0.2, 0) is 45.5 Å². The molecule has 77 heavy (non-hydrogen) atoms. The number of nitrogens with one attached hydrogen (secondary N) is 2. The van der Waals surface area contributed by atoms with Crippen molar-refractivity contribution in [2.75, 3.05) is 39.6 Å². The molecule has 18 heteroatoms. The van der Waals surface area contributed by atoms with E-state index in [9.17, 15) is 19.2 Å². The maximum absolute atomic E-state index is 14.0. The molecule has 2 aliphatic rings. The summed E-state index contributed by atoms with van der Waals surface area (Å²) in [6.07, 6.45) is 4.02. The number of nitrogens with zero attached hydrogens (tertiary/aromatic N) is 5. The zero-order valence-electron chi connectivity index (χ0n) is 45.5. The van der Waals surface area contributed by atoms with Crippen molar-refractivity contribution in [2.24, 2.45) is 10.4 Å². The summed E-state index contributed by atoms with van der Waals surface area (Å²) < 4.78 is 37.3. The summed E-state index contributed by atoms with van der Waals surface area (Å²) in [5, 5.41) is 15.3. The van der Waals surface area contributed by atoms with Gasteiger partial charge in [-0.2, -0.15) is 0 Å². The number of benzene rings is 3. The van der Waals surface area contributed by atoms with E-state index in [-0.39, 0.29) is 24.8 Å². The zero-order valence-corrected chi connectivity index (χ0v) is 46.3. The molecule has 0 aliphatic carbocycles. The van der Waals surface area contributed by atoms with Gasteiger partial charge in [-0.3, -0.25) is 24.2 Å². The van der Waals surface area contributed by atoms with Gasteiger partial charge in [0.25, 0.3) is 0 Å². The third kappa shape index (κ3) is 13.6. The first-order chi connectivity index (χ1) is 36.8. The van der Waals surface area contributed by atoms with E-state index >= 15 is 0 Å². The average molecular weight is 1070 g/mol. The van der Waals surface area contributed by atoms with Gasteiger partial charge in [0, 0.05) is 61.0 Å². The number of aromatic nitrogens is 3. The molecule has 408 valence electrons. The van der Waals surface area contributed by atoms with E-state index in [0.717, 1.165) is 50.5 Å². The number of hydrogen-bond acceptors (Lipinski definition) is 13. The lowest BCUT2D eigenvalue weighted by Crippen LogP contribution is -2.58. The number of aryl methyl sites for hydroxylation is 3. The number of ether oxygens (including phenoxy) is 4. The van der Waals surface area contributed by atoms with Crippen molar-refractivity contribution in [3.05, 3.63) is 141 Å². The van der Waals surface area contributed by atoms with E-state index < -0.39 is 41.0 Å². The van der Waals surface area contributed by atoms with E-state index in [1.807, 2.05) is 134 Å². The van der Waals surface area contributed by atoms with E-state index in [1.54, 1.807) is 23.3 Å². The second-order valence-electron chi connectivity index (χ2n) is 21.2. The smallest absolute Gasteiger partial charge is 0.309 e. The van der Waals surface area contributed by atoms with Crippen LogP contribution in [0.4, 0.5) is 0 Å². The Morgan fingerprint density at radius 3 is 2.21 bits per heavy atom. The number of fused-ring (bicyclic) bond motifs is 3. The number of carbonyl (C=O) groups excluding carboxylic acids is 4. The highest BCUT2D eigenvalue weighted by atomic mass is 35.5. The standard InChI is InChI=1S/C59H70ClN7O10/c1-36-26-32-75-52(36)42-16-14-40(15-17-42)34-61-55(70)47-13-10-27-66(47)56(71)53(58(5,6)7)63-48(68)35-73-30-11-28-72-29-12-31-74-45-24-20-43(21-25-45)59(8,9)77-49(69)33-46-54-65-64-39(4)67(54)57-50(37(2)38(3)76-57)51(62-46)41-18-22-44(60)23-19-41/h14-26,32,46-47,53H,10-13,27-31,33-35H2,1-9H3,(H,61,70)(H,63,68). The molecule has 2 N–H and O–H groups in total. The number of carbonyl (C=O) groups is 4. The fourth-order valence-corrected chi connectivity index (χ4v) is 9.70. The molecule has 0 saturated carbocycles. The Kier molecular flexibility index (Phi) is 17.9. The van der Waals surface area contributed by atoms with E-state index in [0.29, 0.717) is 99.2 Å². The Morgan fingerprint density at radius 1 is 0.831 bits per heavy atom. The molecular formula is C59H70ClN7O10. The van der Waals surface area contributed by atoms with Gasteiger partial charge < -0.3 is 43.3 Å². The van der Waals surface area contributed by atoms with Crippen LogP contribution in [0.15, 0.2) is 99.0 Å². The number of likely N-dealkylation sites (tertiary alicyclic amines) is 1. The number of amides is 3. The van der Waals surface area contributed by atoms with Crippen LogP contribution in [0.1, 0.15) is 124 Å². The molecule has 1 fully saturated rings. The second-order valence-corrected chi connectivity index (χ2v) is 21.7. The predicted octanol–water partition coefficient (Wildman–Crippen LogP) is 9.80. The van der Waals surface area contributed by atoms with Gasteiger partial charge in [-0.05, 0) is 113 Å². The zero-order chi connectivity index (χ0) is 55.0. The molecule has 8 rings (SSSR count). The minimum Gasteiger partial charge on any atom is -0.494 e. The molecule has 0 radical (unpaired) electrons. The minimum atomic E-state index is -0.975. The van der Waals surface area contributed by atoms with Crippen LogP contribution in [0.3, 0.4) is 0 Å². The lowest BCUT2D eigenvalue weighted by Gasteiger charge is -2.35. The molecule has 2 aliphatic heterocycles. The highest BCUT2D eigenvalue weighted by Gasteiger charge is 2.42. The van der Waals surface area contributed by atoms with Crippen molar-refractivity contribution < 1.29 is 47.0 Å². The van der Waals surface area contributed by atoms with Crippen LogP contribution < -0.4 is 15.4 Å². The van der Waals surface area contributed by atoms with Gasteiger partial charge in [0.05, 0.1) is 30.6 Å². The van der Waals surface area contributed by atoms with Gasteiger partial charge in [-0.25, -0.2) is 4.57 Å². The summed E-state index contributed by atoms with van der Waals surface area (Å²) >= 11 is 6.26. The van der Waals surface area contributed by atoms with Gasteiger partial charge >= 0.3 is 5.97 Å². The highest BCUT2D eigenvalue weighted by Crippen LogP contribution is 2.38. The SMILES string of the molecule is Cc1ccoc1-c1ccc(CNC(=O)C2CCCN2C(=O)C(NC(=O)COCCCOCCCOc2ccc(C(C)(C)OC(=O)CC3N=C(c4ccc(Cl)cc4)c4c(oc(C)c4C)-n4c(C)nnc43)cc2)C(C)(C)C)cc1. The van der Waals surface area contributed by atoms with Gasteiger partial charge in [0.2, 0.25) is 23.6 Å². The normalized spacial score (nSPS) is 15.8. The molecule has 3 unspecified atom stereocenters. The first-order valence-electron chi connectivity index (χ1n) is 26.3. The Balaban J connectivity index is 0.725. The summed E-state index contributed by atoms with van der Waals surface area (Å²) in [7, 11) is 0. The Hall–Kier alpha value is -7.08. The second kappa shape index (κ2) is 24.5. The number of halogens is 1. The number of furan rings is 2. The first-order valence-corrected chi connectivity index (χ1v) is 26.6. The largest absolute Gasteiger partial charge is 0.494 e. The van der Waals surface area contributed by atoms with Crippen molar-refractivity contribution in [2.45, 2.75) is 125 Å². The van der Waals surface area contributed by atoms with Gasteiger partial charge in [-0.1, -0.05) is 80.9 Å². The van der Waals surface area contributed by atoms with Crippen LogP contribution in [-0.4, -0.2) is 101 Å². The van der Waals surface area contributed by atoms with Crippen molar-refractivity contribution in [1.29, 1.82) is 0 Å². The quantitative estimate of drug-likeness (QED) is 0.0482. The average Bonchev–Trinajstić information content (AvgIpc) is 4.23. The molecule has 6 aromatic rings. The molecule has 3 aromatic carbocycles. The molecule has 3 atom stereocenters. The Labute approximate surface area is 455 Å². The van der Waals surface area contributed by atoms with Gasteiger partial charge in [-0.15, -0.1) is 10.2 Å². The topological polar surface area (TPSA) is 202 Å². The van der Waals surface area contributed by atoms with E-state index in [2.05, 4.69) is 20.8 Å². The number of aliphatic imine (C=N–C) groups is 1. The Morgan fingerprint density at radius 2 is 1.52 bits per heavy atom. The Bertz CT molecular complexity index is 3060. The molecule has 0 spiro atoms. The molecule has 17 nitrogen and oxygen atoms in total. The van der Waals surface area contributed by atoms with Crippen LogP contribution in [0.2, 0.25) is 5.02 Å². The molecule has 3 aromatic heterocycles. The summed E-state index contributed by atoms with van der Waals surface area (Å²) in [5.41, 5.74) is 5.34. The number of esters is 1. The van der Waals surface area contributed by atoms with E-state index in [4.69, 9.17) is 44.4 Å². The van der Waals surface area contributed by atoms with Crippen LogP contribution in [0.25, 0.3) is 17.2 Å². The van der Waals surface area contributed by atoms with Crippen molar-refractivity contribution in [3.63, 3.8) is 0 Å².